The van der Waals surface area contributed by atoms with E-state index < -0.39 is 6.10 Å². The second-order valence-corrected chi connectivity index (χ2v) is 8.21. The second-order valence-electron chi connectivity index (χ2n) is 8.21. The van der Waals surface area contributed by atoms with Crippen molar-refractivity contribution in [3.8, 4) is 11.5 Å². The molecule has 2 aliphatic heterocycles. The predicted octanol–water partition coefficient (Wildman–Crippen LogP) is 2.81. The summed E-state index contributed by atoms with van der Waals surface area (Å²) >= 11 is 0. The number of rotatable bonds is 8. The molecule has 0 aromatic heterocycles. The van der Waals surface area contributed by atoms with Crippen LogP contribution in [0.2, 0.25) is 0 Å². The summed E-state index contributed by atoms with van der Waals surface area (Å²) in [5.74, 6) is 1.54. The summed E-state index contributed by atoms with van der Waals surface area (Å²) in [7, 11) is 0. The molecule has 0 amide bonds. The molecule has 6 nitrogen and oxygen atoms in total. The Kier molecular flexibility index (Phi) is 7.23. The monoisotopic (exact) mass is 412 g/mol. The van der Waals surface area contributed by atoms with E-state index in [1.165, 1.54) is 11.1 Å². The van der Waals surface area contributed by atoms with Crippen LogP contribution in [-0.4, -0.2) is 67.1 Å². The lowest BCUT2D eigenvalue weighted by molar-refractivity contribution is 0.0104. The Morgan fingerprint density at radius 3 is 2.70 bits per heavy atom. The molecule has 1 atom stereocenters. The van der Waals surface area contributed by atoms with Crippen LogP contribution in [-0.2, 0) is 17.9 Å². The Hall–Kier alpha value is -2.12. The molecule has 1 fully saturated rings. The molecule has 1 N–H and O–H groups in total. The lowest BCUT2D eigenvalue weighted by Gasteiger charge is -2.24. The van der Waals surface area contributed by atoms with E-state index >= 15 is 0 Å². The number of aliphatic hydroxyl groups is 1. The lowest BCUT2D eigenvalue weighted by Crippen LogP contribution is -2.37. The van der Waals surface area contributed by atoms with Crippen LogP contribution in [0.1, 0.15) is 23.1 Å². The Bertz CT molecular complexity index is 829. The van der Waals surface area contributed by atoms with Gasteiger partial charge in [0.15, 0.2) is 11.5 Å². The first-order valence-corrected chi connectivity index (χ1v) is 10.8. The van der Waals surface area contributed by atoms with Gasteiger partial charge in [0.2, 0.25) is 6.79 Å². The number of aryl methyl sites for hydroxylation is 1. The van der Waals surface area contributed by atoms with Gasteiger partial charge in [-0.2, -0.15) is 0 Å². The van der Waals surface area contributed by atoms with E-state index in [1.54, 1.807) is 0 Å². The minimum atomic E-state index is -0.484. The summed E-state index contributed by atoms with van der Waals surface area (Å²) in [6.45, 7) is 9.02. The summed E-state index contributed by atoms with van der Waals surface area (Å²) in [5.41, 5.74) is 3.78. The molecule has 1 saturated heterocycles. The largest absolute Gasteiger partial charge is 0.454 e. The van der Waals surface area contributed by atoms with Crippen molar-refractivity contribution in [2.75, 3.05) is 46.1 Å². The van der Waals surface area contributed by atoms with Crippen LogP contribution in [0.4, 0.5) is 0 Å². The van der Waals surface area contributed by atoms with Crippen LogP contribution in [0, 0.1) is 6.92 Å². The number of fused-ring (bicyclic) bond motifs is 1. The van der Waals surface area contributed by atoms with Crippen LogP contribution in [0.25, 0.3) is 0 Å². The van der Waals surface area contributed by atoms with E-state index in [1.807, 2.05) is 18.2 Å². The average molecular weight is 413 g/mol. The first kappa shape index (κ1) is 21.1. The highest BCUT2D eigenvalue weighted by Crippen LogP contribution is 2.32. The van der Waals surface area contributed by atoms with Crippen molar-refractivity contribution in [1.82, 2.24) is 9.80 Å². The Morgan fingerprint density at radius 1 is 1.00 bits per heavy atom. The summed E-state index contributed by atoms with van der Waals surface area (Å²) in [6, 6.07) is 14.4. The quantitative estimate of drug-likeness (QED) is 0.720. The smallest absolute Gasteiger partial charge is 0.231 e. The highest BCUT2D eigenvalue weighted by atomic mass is 16.7. The van der Waals surface area contributed by atoms with Crippen LogP contribution >= 0.6 is 0 Å². The molecule has 0 radical (unpaired) electrons. The van der Waals surface area contributed by atoms with Gasteiger partial charge in [-0.3, -0.25) is 9.80 Å². The van der Waals surface area contributed by atoms with Crippen LogP contribution in [0.3, 0.4) is 0 Å². The molecule has 0 bridgehead atoms. The van der Waals surface area contributed by atoms with Crippen LogP contribution in [0.15, 0.2) is 42.5 Å². The maximum absolute atomic E-state index is 10.4. The number of nitrogens with zero attached hydrogens (tertiary/aromatic N) is 2. The molecule has 2 aliphatic rings. The van der Waals surface area contributed by atoms with Gasteiger partial charge in [-0.25, -0.2) is 0 Å². The fraction of sp³-hybridized carbons (Fsp3) is 0.500. The van der Waals surface area contributed by atoms with E-state index in [0.29, 0.717) is 19.8 Å². The SMILES string of the molecule is Cc1ccccc1CN1CCCN(CC(O)COCc2ccc3c(c2)OCO3)CC1. The van der Waals surface area contributed by atoms with Gasteiger partial charge >= 0.3 is 0 Å². The molecular formula is C24H32N2O4. The number of benzene rings is 2. The van der Waals surface area contributed by atoms with Crippen molar-refractivity contribution in [1.29, 1.82) is 0 Å². The number of ether oxygens (including phenoxy) is 3. The lowest BCUT2D eigenvalue weighted by atomic mass is 10.1. The van der Waals surface area contributed by atoms with Crippen molar-refractivity contribution >= 4 is 0 Å². The molecule has 0 aliphatic carbocycles. The Morgan fingerprint density at radius 2 is 1.80 bits per heavy atom. The number of hydrogen-bond acceptors (Lipinski definition) is 6. The topological polar surface area (TPSA) is 54.4 Å². The third kappa shape index (κ3) is 5.73. The maximum atomic E-state index is 10.4. The summed E-state index contributed by atoms with van der Waals surface area (Å²) in [4.78, 5) is 4.87. The molecule has 2 heterocycles. The molecule has 2 aromatic carbocycles. The summed E-state index contributed by atoms with van der Waals surface area (Å²) in [5, 5.41) is 10.4. The first-order valence-electron chi connectivity index (χ1n) is 10.8. The predicted molar refractivity (Wildman–Crippen MR) is 116 cm³/mol. The summed E-state index contributed by atoms with van der Waals surface area (Å²) in [6.07, 6.45) is 0.637. The maximum Gasteiger partial charge on any atom is 0.231 e. The van der Waals surface area contributed by atoms with E-state index in [9.17, 15) is 5.11 Å². The van der Waals surface area contributed by atoms with E-state index in [0.717, 1.165) is 56.2 Å². The second kappa shape index (κ2) is 10.3. The van der Waals surface area contributed by atoms with Crippen LogP contribution < -0.4 is 9.47 Å². The van der Waals surface area contributed by atoms with Gasteiger partial charge in [0.25, 0.3) is 0 Å². The van der Waals surface area contributed by atoms with Gasteiger partial charge in [-0.15, -0.1) is 0 Å². The highest BCUT2D eigenvalue weighted by Gasteiger charge is 2.18. The fourth-order valence-electron chi connectivity index (χ4n) is 4.09. The molecule has 6 heteroatoms. The zero-order valence-electron chi connectivity index (χ0n) is 17.8. The van der Waals surface area contributed by atoms with Crippen LogP contribution in [0.5, 0.6) is 11.5 Å². The van der Waals surface area contributed by atoms with E-state index in [2.05, 4.69) is 41.0 Å². The van der Waals surface area contributed by atoms with Crippen molar-refractivity contribution in [3.05, 3.63) is 59.2 Å². The first-order chi connectivity index (χ1) is 14.7. The molecule has 0 spiro atoms. The molecule has 162 valence electrons. The number of aliphatic hydroxyl groups excluding tert-OH is 1. The third-order valence-corrected chi connectivity index (χ3v) is 5.82. The number of hydrogen-bond donors (Lipinski definition) is 1. The average Bonchev–Trinajstić information content (AvgIpc) is 3.10. The van der Waals surface area contributed by atoms with Gasteiger partial charge in [0, 0.05) is 26.2 Å². The van der Waals surface area contributed by atoms with E-state index in [4.69, 9.17) is 14.2 Å². The molecule has 2 aromatic rings. The standard InChI is InChI=1S/C24H32N2O4/c1-19-5-2-3-6-21(19)14-25-9-4-10-26(12-11-25)15-22(27)17-28-16-20-7-8-23-24(13-20)30-18-29-23/h2-3,5-8,13,22,27H,4,9-12,14-18H2,1H3. The van der Waals surface area contributed by atoms with Crippen molar-refractivity contribution in [2.24, 2.45) is 0 Å². The van der Waals surface area contributed by atoms with Gasteiger partial charge in [0.05, 0.1) is 19.3 Å². The van der Waals surface area contributed by atoms with Gasteiger partial charge < -0.3 is 19.3 Å². The minimum Gasteiger partial charge on any atom is -0.454 e. The molecule has 4 rings (SSSR count). The van der Waals surface area contributed by atoms with Gasteiger partial charge in [0.1, 0.15) is 0 Å². The van der Waals surface area contributed by atoms with Crippen molar-refractivity contribution in [2.45, 2.75) is 32.6 Å². The zero-order valence-corrected chi connectivity index (χ0v) is 17.8. The van der Waals surface area contributed by atoms with Crippen molar-refractivity contribution in [3.63, 3.8) is 0 Å². The highest BCUT2D eigenvalue weighted by molar-refractivity contribution is 5.44. The number of β-amino-alcohol motifs (C(OH)–C–C–N with tert-alkyl or cyclic N) is 1. The summed E-state index contributed by atoms with van der Waals surface area (Å²) < 4.78 is 16.5. The normalized spacial score (nSPS) is 18.3. The molecule has 0 saturated carbocycles. The fourth-order valence-corrected chi connectivity index (χ4v) is 4.09. The van der Waals surface area contributed by atoms with Gasteiger partial charge in [-0.1, -0.05) is 30.3 Å². The molecule has 1 unspecified atom stereocenters. The third-order valence-electron chi connectivity index (χ3n) is 5.82. The minimum absolute atomic E-state index is 0.274. The van der Waals surface area contributed by atoms with E-state index in [-0.39, 0.29) is 6.79 Å². The van der Waals surface area contributed by atoms with Crippen molar-refractivity contribution < 1.29 is 19.3 Å². The zero-order chi connectivity index (χ0) is 20.8. The Balaban J connectivity index is 1.17. The van der Waals surface area contributed by atoms with Gasteiger partial charge in [-0.05, 0) is 55.3 Å². The Labute approximate surface area is 179 Å². The molecular weight excluding hydrogens is 380 g/mol. The molecule has 30 heavy (non-hydrogen) atoms.